The van der Waals surface area contributed by atoms with E-state index in [0.29, 0.717) is 63.3 Å². The zero-order valence-electron chi connectivity index (χ0n) is 40.1. The van der Waals surface area contributed by atoms with E-state index in [-0.39, 0.29) is 72.8 Å². The predicted octanol–water partition coefficient (Wildman–Crippen LogP) is 5.87. The second-order valence-electron chi connectivity index (χ2n) is 18.5. The maximum absolute atomic E-state index is 14.4. The first kappa shape index (κ1) is 51.9. The summed E-state index contributed by atoms with van der Waals surface area (Å²) >= 11 is 4.16. The fraction of sp³-hybridized carbons (Fsp3) is 0.353. The van der Waals surface area contributed by atoms with Gasteiger partial charge in [-0.25, -0.2) is 0 Å². The molecule has 0 spiro atoms. The van der Waals surface area contributed by atoms with Gasteiger partial charge in [-0.3, -0.25) is 27.3 Å². The average molecular weight is 1080 g/mol. The number of nitrogens with one attached hydrogen (secondary N) is 1. The van der Waals surface area contributed by atoms with E-state index in [4.69, 9.17) is 22.6 Å². The highest BCUT2D eigenvalue weighted by atomic mass is 32.2. The van der Waals surface area contributed by atoms with Crippen molar-refractivity contribution >= 4 is 77.8 Å². The molecule has 386 valence electrons. The number of hydrogen-bond donors (Lipinski definition) is 3. The van der Waals surface area contributed by atoms with Gasteiger partial charge in [0.15, 0.2) is 16.7 Å². The van der Waals surface area contributed by atoms with Crippen molar-refractivity contribution < 1.29 is 66.8 Å². The summed E-state index contributed by atoms with van der Waals surface area (Å²) in [5.74, 6) is -2.09. The number of methoxy groups -OCH3 is 1. The van der Waals surface area contributed by atoms with Crippen LogP contribution in [-0.4, -0.2) is 103 Å². The van der Waals surface area contributed by atoms with E-state index in [1.165, 1.54) is 7.11 Å². The number of amides is 3. The second kappa shape index (κ2) is 20.4. The monoisotopic (exact) mass is 1080 g/mol. The third kappa shape index (κ3) is 10.3. The maximum Gasteiger partial charge on any atom is 0.279 e. The van der Waals surface area contributed by atoms with E-state index in [1.807, 2.05) is 24.3 Å². The molecular weight excluding hydrogens is 1020 g/mol. The maximum atomic E-state index is 14.4. The molecule has 5 aromatic carbocycles. The Labute approximate surface area is 429 Å². The summed E-state index contributed by atoms with van der Waals surface area (Å²) < 4.78 is 116. The van der Waals surface area contributed by atoms with Gasteiger partial charge in [0.25, 0.3) is 42.2 Å². The number of ether oxygens (including phenoxy) is 3. The van der Waals surface area contributed by atoms with Crippen molar-refractivity contribution in [3.63, 3.8) is 0 Å². The number of nitrogens with zero attached hydrogens (tertiary/aromatic N) is 2. The molecule has 0 aliphatic carbocycles. The SMILES string of the molecule is COc1cc2c(cc1OCc1cc(COc3cc4c(cc3C)C(=O)N3c5ccccc5C[C@H]3C(S(=O)(=O)OC)C4)cc(NC(=O)C(CCS)S(=O)(=O)OC)c1)CC(CS(=O)(=O)O)[C@@H]1Cc3ccccc3N1C2=O. The van der Waals surface area contributed by atoms with Crippen molar-refractivity contribution in [3.05, 3.63) is 141 Å². The second-order valence-corrected chi connectivity index (χ2v) is 24.2. The number of rotatable bonds is 17. The van der Waals surface area contributed by atoms with E-state index in [9.17, 15) is 44.2 Å². The number of carbonyl (C=O) groups excluding carboxylic acids is 3. The lowest BCUT2D eigenvalue weighted by atomic mass is 9.91. The molecule has 3 unspecified atom stereocenters. The molecule has 0 saturated heterocycles. The van der Waals surface area contributed by atoms with Crippen LogP contribution in [0.5, 0.6) is 17.2 Å². The number of hydrogen-bond acceptors (Lipinski definition) is 15. The smallest absolute Gasteiger partial charge is 0.279 e. The quantitative estimate of drug-likeness (QED) is 0.0561. The number of aryl methyl sites for hydroxylation is 1. The Hall–Kier alpha value is -6.01. The van der Waals surface area contributed by atoms with Gasteiger partial charge >= 0.3 is 0 Å². The Bertz CT molecular complexity index is 3390. The normalized spacial score (nSPS) is 19.6. The van der Waals surface area contributed by atoms with E-state index in [1.54, 1.807) is 83.5 Å². The first-order chi connectivity index (χ1) is 34.7. The summed E-state index contributed by atoms with van der Waals surface area (Å²) in [6, 6.07) is 24.7. The van der Waals surface area contributed by atoms with Crippen molar-refractivity contribution in [2.75, 3.05) is 48.0 Å². The standard InChI is InChI=1S/C51H53N3O15S4/c1-29-15-38-35(24-48(73(63,64)67-4)43-21-33-10-6-8-12-41(33)54(43)50(38)56)22-44(29)68-26-30-16-31(18-37(17-30)52-49(55)47(13-14-70)72(61,62)66-3)27-69-46-23-34-19-36(28-71(58,59)60)42-20-32-9-5-7-11-40(32)53(42)51(57)39(34)25-45(46)65-2/h5-12,15-18,22-23,25,36,42-43,47-48,70H,13-14,19-21,24,26-28H2,1-4H3,(H,52,55)(H,58,59,60)/t36?,42-,43-,47?,48?/m0/s1. The summed E-state index contributed by atoms with van der Waals surface area (Å²) in [7, 11) is -9.48. The fourth-order valence-corrected chi connectivity index (χ4v) is 14.1. The largest absolute Gasteiger partial charge is 0.493 e. The van der Waals surface area contributed by atoms with Gasteiger partial charge in [-0.15, -0.1) is 0 Å². The topological polar surface area (TPSA) is 239 Å². The van der Waals surface area contributed by atoms with Gasteiger partial charge in [0.2, 0.25) is 5.91 Å². The van der Waals surface area contributed by atoms with Gasteiger partial charge in [-0.2, -0.15) is 37.9 Å². The Balaban J connectivity index is 1.04. The molecule has 3 amide bonds. The van der Waals surface area contributed by atoms with E-state index in [2.05, 4.69) is 17.9 Å². The number of fused-ring (bicyclic) bond motifs is 8. The third-order valence-corrected chi connectivity index (χ3v) is 18.4. The molecule has 4 aliphatic heterocycles. The Morgan fingerprint density at radius 2 is 1.26 bits per heavy atom. The lowest BCUT2D eigenvalue weighted by Crippen LogP contribution is -2.47. The van der Waals surface area contributed by atoms with Gasteiger partial charge in [0.05, 0.1) is 33.1 Å². The van der Waals surface area contributed by atoms with Crippen LogP contribution in [-0.2, 0) is 82.4 Å². The highest BCUT2D eigenvalue weighted by Crippen LogP contribution is 2.44. The van der Waals surface area contributed by atoms with Crippen LogP contribution >= 0.6 is 12.6 Å². The molecule has 4 aliphatic rings. The average Bonchev–Trinajstić information content (AvgIpc) is 3.88. The van der Waals surface area contributed by atoms with Gasteiger partial charge in [-0.1, -0.05) is 36.4 Å². The zero-order chi connectivity index (χ0) is 52.1. The molecule has 9 rings (SSSR count). The molecule has 0 radical (unpaired) electrons. The van der Waals surface area contributed by atoms with Crippen molar-refractivity contribution in [1.82, 2.24) is 0 Å². The predicted molar refractivity (Wildman–Crippen MR) is 275 cm³/mol. The van der Waals surface area contributed by atoms with Crippen LogP contribution in [0.3, 0.4) is 0 Å². The van der Waals surface area contributed by atoms with Crippen LogP contribution in [0.15, 0.2) is 91.0 Å². The van der Waals surface area contributed by atoms with E-state index >= 15 is 0 Å². The summed E-state index contributed by atoms with van der Waals surface area (Å²) in [6.45, 7) is 1.45. The number of carbonyl (C=O) groups is 3. The molecular formula is C51H53N3O15S4. The molecule has 0 bridgehead atoms. The van der Waals surface area contributed by atoms with Crippen LogP contribution in [0.1, 0.15) is 66.1 Å². The van der Waals surface area contributed by atoms with Crippen LogP contribution in [0.2, 0.25) is 0 Å². The lowest BCUT2D eigenvalue weighted by Gasteiger charge is -2.28. The molecule has 5 atom stereocenters. The fourth-order valence-electron chi connectivity index (χ4n) is 10.6. The molecule has 73 heavy (non-hydrogen) atoms. The summed E-state index contributed by atoms with van der Waals surface area (Å²) in [5, 5.41) is -0.0108. The molecule has 22 heteroatoms. The minimum atomic E-state index is -4.46. The van der Waals surface area contributed by atoms with Crippen LogP contribution in [0.4, 0.5) is 17.1 Å². The minimum absolute atomic E-state index is 0.0435. The van der Waals surface area contributed by atoms with Crippen molar-refractivity contribution in [2.45, 2.75) is 74.8 Å². The molecule has 0 saturated carbocycles. The number of thiol groups is 1. The summed E-state index contributed by atoms with van der Waals surface area (Å²) in [6.07, 6.45) is 0.615. The molecule has 0 fully saturated rings. The highest BCUT2D eigenvalue weighted by molar-refractivity contribution is 7.88. The zero-order valence-corrected chi connectivity index (χ0v) is 43.5. The van der Waals surface area contributed by atoms with E-state index in [0.717, 1.165) is 25.3 Å². The van der Waals surface area contributed by atoms with Crippen LogP contribution in [0.25, 0.3) is 0 Å². The lowest BCUT2D eigenvalue weighted by molar-refractivity contribution is -0.116. The number of para-hydroxylation sites is 2. The third-order valence-electron chi connectivity index (χ3n) is 14.0. The summed E-state index contributed by atoms with van der Waals surface area (Å²) in [4.78, 5) is 45.6. The van der Waals surface area contributed by atoms with Crippen LogP contribution < -0.4 is 29.3 Å². The Morgan fingerprint density at radius 3 is 1.85 bits per heavy atom. The molecule has 4 heterocycles. The van der Waals surface area contributed by atoms with Crippen molar-refractivity contribution in [1.29, 1.82) is 0 Å². The Kier molecular flexibility index (Phi) is 14.5. The first-order valence-electron chi connectivity index (χ1n) is 23.3. The van der Waals surface area contributed by atoms with E-state index < -0.39 is 70.5 Å². The molecule has 0 aromatic heterocycles. The van der Waals surface area contributed by atoms with Crippen molar-refractivity contribution in [3.8, 4) is 17.2 Å². The van der Waals surface area contributed by atoms with Gasteiger partial charge in [-0.05, 0) is 138 Å². The Morgan fingerprint density at radius 1 is 0.699 bits per heavy atom. The first-order valence-corrected chi connectivity index (χ1v) is 28.4. The van der Waals surface area contributed by atoms with Crippen molar-refractivity contribution in [2.24, 2.45) is 5.92 Å². The highest BCUT2D eigenvalue weighted by Gasteiger charge is 2.48. The van der Waals surface area contributed by atoms with Gasteiger partial charge in [0, 0.05) is 40.1 Å². The molecule has 5 aromatic rings. The molecule has 2 N–H and O–H groups in total. The minimum Gasteiger partial charge on any atom is -0.493 e. The number of anilines is 3. The van der Waals surface area contributed by atoms with Gasteiger partial charge < -0.3 is 29.3 Å². The number of benzene rings is 5. The van der Waals surface area contributed by atoms with Crippen LogP contribution in [0, 0.1) is 12.8 Å². The summed E-state index contributed by atoms with van der Waals surface area (Å²) in [5.41, 5.74) is 6.22. The van der Waals surface area contributed by atoms with Gasteiger partial charge in [0.1, 0.15) is 24.2 Å². The molecule has 18 nitrogen and oxygen atoms in total.